The molecule has 0 radical (unpaired) electrons. The Labute approximate surface area is 219 Å². The van der Waals surface area contributed by atoms with Gasteiger partial charge in [-0.15, -0.1) is 0 Å². The number of methoxy groups -OCH3 is 1. The van der Waals surface area contributed by atoms with Gasteiger partial charge in [0.15, 0.2) is 11.5 Å². The Hall–Kier alpha value is -3.06. The van der Waals surface area contributed by atoms with E-state index in [9.17, 15) is 9.59 Å². The van der Waals surface area contributed by atoms with Gasteiger partial charge in [0, 0.05) is 38.4 Å². The molecule has 2 fully saturated rings. The number of fused-ring (bicyclic) bond motifs is 1. The fourth-order valence-electron chi connectivity index (χ4n) is 5.84. The largest absolute Gasteiger partial charge is 0.493 e. The van der Waals surface area contributed by atoms with Crippen molar-refractivity contribution in [2.24, 2.45) is 5.92 Å². The van der Waals surface area contributed by atoms with Crippen molar-refractivity contribution in [3.63, 3.8) is 0 Å². The van der Waals surface area contributed by atoms with Crippen molar-refractivity contribution in [3.8, 4) is 17.2 Å². The molecular weight excluding hydrogens is 468 g/mol. The first-order valence-electron chi connectivity index (χ1n) is 13.6. The van der Waals surface area contributed by atoms with Gasteiger partial charge in [0.05, 0.1) is 20.3 Å². The zero-order chi connectivity index (χ0) is 25.8. The number of hydrogen-bond donors (Lipinski definition) is 0. The Balaban J connectivity index is 1.28. The van der Waals surface area contributed by atoms with Crippen LogP contribution in [0.15, 0.2) is 36.4 Å². The first-order chi connectivity index (χ1) is 18.0. The molecule has 2 amide bonds. The smallest absolute Gasteiger partial charge is 0.229 e. The van der Waals surface area contributed by atoms with E-state index in [4.69, 9.17) is 14.2 Å². The van der Waals surface area contributed by atoms with Gasteiger partial charge < -0.3 is 14.2 Å². The number of likely N-dealkylation sites (tertiary alicyclic amines) is 1. The summed E-state index contributed by atoms with van der Waals surface area (Å²) in [6.07, 6.45) is 6.85. The predicted molar refractivity (Wildman–Crippen MR) is 141 cm³/mol. The van der Waals surface area contributed by atoms with Gasteiger partial charge >= 0.3 is 0 Å². The zero-order valence-corrected chi connectivity index (χ0v) is 22.0. The fraction of sp³-hybridized carbons (Fsp3) is 0.533. The summed E-state index contributed by atoms with van der Waals surface area (Å²) in [6, 6.07) is 13.0. The second-order valence-corrected chi connectivity index (χ2v) is 10.5. The van der Waals surface area contributed by atoms with E-state index >= 15 is 0 Å². The van der Waals surface area contributed by atoms with Gasteiger partial charge in [0.2, 0.25) is 11.8 Å². The molecule has 0 N–H and O–H groups in total. The summed E-state index contributed by atoms with van der Waals surface area (Å²) in [6.45, 7) is 5.49. The van der Waals surface area contributed by atoms with Crippen LogP contribution < -0.4 is 14.2 Å². The SMILES string of the molecule is COc1cc(CN(CC2CCCC2)C(C)c2ccc3c(c2)CCO3)ccc1OCCN1C(=O)CCC1=O. The topological polar surface area (TPSA) is 68.3 Å². The fourth-order valence-corrected chi connectivity index (χ4v) is 5.84. The number of amides is 2. The lowest BCUT2D eigenvalue weighted by molar-refractivity contribution is -0.138. The van der Waals surface area contributed by atoms with Crippen LogP contribution in [0, 0.1) is 5.92 Å². The van der Waals surface area contributed by atoms with Crippen LogP contribution in [-0.4, -0.2) is 55.0 Å². The van der Waals surface area contributed by atoms with Crippen LogP contribution in [0.5, 0.6) is 17.2 Å². The molecule has 0 spiro atoms. The normalized spacial score (nSPS) is 18.4. The second-order valence-electron chi connectivity index (χ2n) is 10.5. The highest BCUT2D eigenvalue weighted by molar-refractivity contribution is 6.01. The van der Waals surface area contributed by atoms with E-state index < -0.39 is 0 Å². The first kappa shape index (κ1) is 25.6. The summed E-state index contributed by atoms with van der Waals surface area (Å²) in [7, 11) is 1.64. The molecule has 5 rings (SSSR count). The van der Waals surface area contributed by atoms with Gasteiger partial charge in [-0.25, -0.2) is 0 Å². The minimum atomic E-state index is -0.122. The van der Waals surface area contributed by atoms with Crippen LogP contribution in [0.2, 0.25) is 0 Å². The number of nitrogens with zero attached hydrogens (tertiary/aromatic N) is 2. The number of rotatable bonds is 11. The van der Waals surface area contributed by atoms with E-state index in [1.54, 1.807) is 7.11 Å². The third-order valence-electron chi connectivity index (χ3n) is 8.05. The molecule has 7 nitrogen and oxygen atoms in total. The number of benzene rings is 2. The number of hydrogen-bond acceptors (Lipinski definition) is 6. The third kappa shape index (κ3) is 5.93. The average Bonchev–Trinajstić information content (AvgIpc) is 3.66. The van der Waals surface area contributed by atoms with Gasteiger partial charge in [0.25, 0.3) is 0 Å². The van der Waals surface area contributed by atoms with Gasteiger partial charge in [-0.1, -0.05) is 31.0 Å². The quantitative estimate of drug-likeness (QED) is 0.404. The molecule has 3 aliphatic rings. The maximum Gasteiger partial charge on any atom is 0.229 e. The predicted octanol–water partition coefficient (Wildman–Crippen LogP) is 4.91. The van der Waals surface area contributed by atoms with Crippen molar-refractivity contribution in [2.45, 2.75) is 64.5 Å². The van der Waals surface area contributed by atoms with Crippen molar-refractivity contribution in [2.75, 3.05) is 33.4 Å². The summed E-state index contributed by atoms with van der Waals surface area (Å²) in [5.74, 6) is 2.81. The van der Waals surface area contributed by atoms with E-state index in [-0.39, 0.29) is 31.0 Å². The van der Waals surface area contributed by atoms with Gasteiger partial charge in [-0.3, -0.25) is 19.4 Å². The number of ether oxygens (including phenoxy) is 3. The number of carbonyl (C=O) groups excluding carboxylic acids is 2. The Morgan fingerprint density at radius 3 is 2.57 bits per heavy atom. The summed E-state index contributed by atoms with van der Waals surface area (Å²) in [5, 5.41) is 0. The lowest BCUT2D eigenvalue weighted by Gasteiger charge is -2.32. The van der Waals surface area contributed by atoms with Crippen LogP contribution in [0.25, 0.3) is 0 Å². The minimum Gasteiger partial charge on any atom is -0.493 e. The monoisotopic (exact) mass is 506 g/mol. The second kappa shape index (κ2) is 11.5. The van der Waals surface area contributed by atoms with Crippen molar-refractivity contribution in [1.82, 2.24) is 9.80 Å². The molecule has 2 aliphatic heterocycles. The summed E-state index contributed by atoms with van der Waals surface area (Å²) < 4.78 is 17.3. The van der Waals surface area contributed by atoms with Crippen LogP contribution in [0.3, 0.4) is 0 Å². The molecule has 2 heterocycles. The molecule has 1 saturated carbocycles. The lowest BCUT2D eigenvalue weighted by atomic mass is 9.99. The lowest BCUT2D eigenvalue weighted by Crippen LogP contribution is -2.33. The number of carbonyl (C=O) groups is 2. The van der Waals surface area contributed by atoms with Gasteiger partial charge in [-0.2, -0.15) is 0 Å². The summed E-state index contributed by atoms with van der Waals surface area (Å²) >= 11 is 0. The molecule has 2 aromatic carbocycles. The number of imide groups is 1. The van der Waals surface area contributed by atoms with Crippen LogP contribution in [-0.2, 0) is 22.6 Å². The van der Waals surface area contributed by atoms with E-state index in [1.165, 1.54) is 47.3 Å². The van der Waals surface area contributed by atoms with Crippen molar-refractivity contribution in [1.29, 1.82) is 0 Å². The molecule has 198 valence electrons. The molecule has 1 saturated heterocycles. The Morgan fingerprint density at radius 2 is 1.81 bits per heavy atom. The molecule has 1 atom stereocenters. The molecule has 0 bridgehead atoms. The Morgan fingerprint density at radius 1 is 1.03 bits per heavy atom. The van der Waals surface area contributed by atoms with Crippen LogP contribution in [0.4, 0.5) is 0 Å². The van der Waals surface area contributed by atoms with E-state index in [1.807, 2.05) is 12.1 Å². The van der Waals surface area contributed by atoms with Crippen LogP contribution in [0.1, 0.15) is 68.2 Å². The molecule has 7 heteroatoms. The summed E-state index contributed by atoms with van der Waals surface area (Å²) in [4.78, 5) is 27.6. The van der Waals surface area contributed by atoms with Gasteiger partial charge in [0.1, 0.15) is 12.4 Å². The third-order valence-corrected chi connectivity index (χ3v) is 8.05. The summed E-state index contributed by atoms with van der Waals surface area (Å²) in [5.41, 5.74) is 3.81. The molecular formula is C30H38N2O5. The standard InChI is InChI=1S/C30H38N2O5/c1-21(24-8-10-26-25(18-24)13-15-36-26)31(19-22-5-3-4-6-22)20-23-7-9-27(28(17-23)35-2)37-16-14-32-29(33)11-12-30(32)34/h7-10,17-18,21-22H,3-6,11-16,19-20H2,1-2H3. The molecule has 1 unspecified atom stereocenters. The van der Waals surface area contributed by atoms with Crippen molar-refractivity contribution < 1.29 is 23.8 Å². The minimum absolute atomic E-state index is 0.122. The van der Waals surface area contributed by atoms with Crippen molar-refractivity contribution >= 4 is 11.8 Å². The van der Waals surface area contributed by atoms with Crippen LogP contribution >= 0.6 is 0 Å². The van der Waals surface area contributed by atoms with Crippen molar-refractivity contribution in [3.05, 3.63) is 53.1 Å². The highest BCUT2D eigenvalue weighted by Gasteiger charge is 2.28. The van der Waals surface area contributed by atoms with E-state index in [2.05, 4.69) is 36.1 Å². The maximum absolute atomic E-state index is 11.8. The molecule has 37 heavy (non-hydrogen) atoms. The Bertz CT molecular complexity index is 1110. The highest BCUT2D eigenvalue weighted by atomic mass is 16.5. The molecule has 2 aromatic rings. The van der Waals surface area contributed by atoms with Gasteiger partial charge in [-0.05, 0) is 60.6 Å². The highest BCUT2D eigenvalue weighted by Crippen LogP contribution is 2.35. The average molecular weight is 507 g/mol. The Kier molecular flexibility index (Phi) is 7.99. The molecule has 1 aliphatic carbocycles. The maximum atomic E-state index is 11.8. The molecule has 0 aromatic heterocycles. The first-order valence-corrected chi connectivity index (χ1v) is 13.6. The van der Waals surface area contributed by atoms with E-state index in [0.29, 0.717) is 24.3 Å². The zero-order valence-electron chi connectivity index (χ0n) is 22.0. The van der Waals surface area contributed by atoms with E-state index in [0.717, 1.165) is 37.8 Å².